The Hall–Kier alpha value is -1.70. The van der Waals surface area contributed by atoms with Crippen LogP contribution in [-0.2, 0) is 0 Å². The molecule has 0 bridgehead atoms. The molecule has 110 valence electrons. The number of benzene rings is 1. The Morgan fingerprint density at radius 1 is 1.09 bits per heavy atom. The van der Waals surface area contributed by atoms with E-state index in [1.165, 1.54) is 23.5 Å². The third-order valence-electron chi connectivity index (χ3n) is 3.13. The molecule has 2 aromatic heterocycles. The highest BCUT2D eigenvalue weighted by molar-refractivity contribution is 7.99. The molecule has 0 saturated heterocycles. The van der Waals surface area contributed by atoms with Crippen LogP contribution < -0.4 is 0 Å². The van der Waals surface area contributed by atoms with Gasteiger partial charge >= 0.3 is 0 Å². The van der Waals surface area contributed by atoms with Gasteiger partial charge in [0, 0.05) is 11.3 Å². The van der Waals surface area contributed by atoms with E-state index in [0.29, 0.717) is 5.82 Å². The van der Waals surface area contributed by atoms with Crippen LogP contribution in [0.3, 0.4) is 0 Å². The third-order valence-corrected chi connectivity index (χ3v) is 5.34. The van der Waals surface area contributed by atoms with E-state index >= 15 is 0 Å². The number of thioether (sulfide) groups is 1. The molecule has 4 rings (SSSR count). The number of rotatable bonds is 2. The molecule has 0 aliphatic carbocycles. The Kier molecular flexibility index (Phi) is 3.48. The molecule has 0 radical (unpaired) electrons. The second-order valence-electron chi connectivity index (χ2n) is 4.56. The van der Waals surface area contributed by atoms with Crippen molar-refractivity contribution in [3.05, 3.63) is 51.4 Å². The van der Waals surface area contributed by atoms with Gasteiger partial charge in [-0.1, -0.05) is 23.4 Å². The van der Waals surface area contributed by atoms with Crippen molar-refractivity contribution in [3.8, 4) is 11.4 Å². The Labute approximate surface area is 138 Å². The first-order chi connectivity index (χ1) is 10.7. The highest BCUT2D eigenvalue weighted by Crippen LogP contribution is 2.31. The fourth-order valence-corrected chi connectivity index (χ4v) is 4.04. The van der Waals surface area contributed by atoms with E-state index in [-0.39, 0.29) is 5.82 Å². The molecule has 0 unspecified atom stereocenters. The summed E-state index contributed by atoms with van der Waals surface area (Å²) >= 11 is 9.05. The van der Waals surface area contributed by atoms with Crippen LogP contribution in [0.2, 0.25) is 4.34 Å². The van der Waals surface area contributed by atoms with Crippen LogP contribution in [0.15, 0.2) is 46.7 Å². The molecule has 0 fully saturated rings. The van der Waals surface area contributed by atoms with Crippen molar-refractivity contribution in [1.29, 1.82) is 0 Å². The highest BCUT2D eigenvalue weighted by atomic mass is 35.5. The van der Waals surface area contributed by atoms with Crippen molar-refractivity contribution < 1.29 is 4.39 Å². The zero-order valence-corrected chi connectivity index (χ0v) is 13.4. The SMILES string of the molecule is Fc1ccc(-c2nnc3n2N=C(c2ccc(Cl)s2)CS3)cc1. The summed E-state index contributed by atoms with van der Waals surface area (Å²) in [6.07, 6.45) is 0. The quantitative estimate of drug-likeness (QED) is 0.697. The Balaban J connectivity index is 1.79. The van der Waals surface area contributed by atoms with E-state index in [1.807, 2.05) is 12.1 Å². The fourth-order valence-electron chi connectivity index (χ4n) is 2.10. The summed E-state index contributed by atoms with van der Waals surface area (Å²) in [6, 6.07) is 9.95. The molecule has 0 spiro atoms. The summed E-state index contributed by atoms with van der Waals surface area (Å²) in [4.78, 5) is 1.03. The van der Waals surface area contributed by atoms with Crippen LogP contribution in [0.25, 0.3) is 11.4 Å². The number of hydrogen-bond donors (Lipinski definition) is 0. The largest absolute Gasteiger partial charge is 0.212 e. The van der Waals surface area contributed by atoms with Gasteiger partial charge in [0.2, 0.25) is 5.16 Å². The van der Waals surface area contributed by atoms with Gasteiger partial charge in [0.1, 0.15) is 5.82 Å². The van der Waals surface area contributed by atoms with E-state index in [1.54, 1.807) is 28.6 Å². The van der Waals surface area contributed by atoms with Gasteiger partial charge in [-0.25, -0.2) is 4.39 Å². The molecule has 22 heavy (non-hydrogen) atoms. The fraction of sp³-hybridized carbons (Fsp3) is 0.0714. The van der Waals surface area contributed by atoms with Crippen LogP contribution in [0.4, 0.5) is 4.39 Å². The topological polar surface area (TPSA) is 43.1 Å². The van der Waals surface area contributed by atoms with E-state index in [9.17, 15) is 4.39 Å². The lowest BCUT2D eigenvalue weighted by Gasteiger charge is -2.12. The smallest absolute Gasteiger partial charge is 0.207 e. The maximum absolute atomic E-state index is 13.1. The summed E-state index contributed by atoms with van der Waals surface area (Å²) in [5, 5.41) is 13.7. The van der Waals surface area contributed by atoms with E-state index in [2.05, 4.69) is 15.3 Å². The predicted octanol–water partition coefficient (Wildman–Crippen LogP) is 4.16. The molecule has 1 aromatic carbocycles. The molecule has 0 saturated carbocycles. The zero-order chi connectivity index (χ0) is 15.1. The van der Waals surface area contributed by atoms with Gasteiger partial charge in [-0.05, 0) is 36.4 Å². The summed E-state index contributed by atoms with van der Waals surface area (Å²) in [7, 11) is 0. The number of halogens is 2. The summed E-state index contributed by atoms with van der Waals surface area (Å²) in [5.74, 6) is 1.04. The second-order valence-corrected chi connectivity index (χ2v) is 7.22. The van der Waals surface area contributed by atoms with Gasteiger partial charge in [-0.15, -0.1) is 21.5 Å². The van der Waals surface area contributed by atoms with Crippen molar-refractivity contribution in [3.63, 3.8) is 0 Å². The molecule has 1 aliphatic rings. The molecule has 3 heterocycles. The first kappa shape index (κ1) is 13.9. The lowest BCUT2D eigenvalue weighted by atomic mass is 10.2. The Morgan fingerprint density at radius 3 is 2.64 bits per heavy atom. The average molecular weight is 351 g/mol. The molecular formula is C14H8ClFN4S2. The number of hydrogen-bond acceptors (Lipinski definition) is 5. The number of fused-ring (bicyclic) bond motifs is 1. The molecule has 4 nitrogen and oxygen atoms in total. The zero-order valence-electron chi connectivity index (χ0n) is 11.0. The van der Waals surface area contributed by atoms with Gasteiger partial charge < -0.3 is 0 Å². The summed E-state index contributed by atoms with van der Waals surface area (Å²) in [5.41, 5.74) is 1.70. The molecule has 8 heteroatoms. The molecule has 0 atom stereocenters. The van der Waals surface area contributed by atoms with Crippen LogP contribution in [0.5, 0.6) is 0 Å². The van der Waals surface area contributed by atoms with Crippen molar-refractivity contribution in [1.82, 2.24) is 14.9 Å². The number of nitrogens with zero attached hydrogens (tertiary/aromatic N) is 4. The van der Waals surface area contributed by atoms with Gasteiger partial charge in [0.25, 0.3) is 0 Å². The van der Waals surface area contributed by atoms with Crippen LogP contribution in [0.1, 0.15) is 4.88 Å². The van der Waals surface area contributed by atoms with Gasteiger partial charge in [-0.2, -0.15) is 9.78 Å². The highest BCUT2D eigenvalue weighted by Gasteiger charge is 2.21. The van der Waals surface area contributed by atoms with Crippen molar-refractivity contribution >= 4 is 40.4 Å². The van der Waals surface area contributed by atoms with Crippen LogP contribution in [-0.4, -0.2) is 26.3 Å². The minimum Gasteiger partial charge on any atom is -0.207 e. The maximum atomic E-state index is 13.1. The van der Waals surface area contributed by atoms with E-state index in [0.717, 1.165) is 31.4 Å². The summed E-state index contributed by atoms with van der Waals surface area (Å²) in [6.45, 7) is 0. The number of aromatic nitrogens is 3. The van der Waals surface area contributed by atoms with Crippen molar-refractivity contribution in [2.45, 2.75) is 5.16 Å². The molecule has 0 N–H and O–H groups in total. The third kappa shape index (κ3) is 2.45. The van der Waals surface area contributed by atoms with E-state index < -0.39 is 0 Å². The first-order valence-corrected chi connectivity index (χ1v) is 8.56. The van der Waals surface area contributed by atoms with Crippen molar-refractivity contribution in [2.24, 2.45) is 5.10 Å². The minimum absolute atomic E-state index is 0.283. The monoisotopic (exact) mass is 350 g/mol. The Morgan fingerprint density at radius 2 is 1.91 bits per heavy atom. The minimum atomic E-state index is -0.283. The summed E-state index contributed by atoms with van der Waals surface area (Å²) < 4.78 is 15.5. The normalized spacial score (nSPS) is 13.8. The van der Waals surface area contributed by atoms with Crippen LogP contribution >= 0.6 is 34.7 Å². The molecular weight excluding hydrogens is 343 g/mol. The predicted molar refractivity (Wildman–Crippen MR) is 87.4 cm³/mol. The second kappa shape index (κ2) is 5.49. The lowest BCUT2D eigenvalue weighted by Crippen LogP contribution is -2.12. The Bertz CT molecular complexity index is 869. The van der Waals surface area contributed by atoms with Crippen LogP contribution in [0, 0.1) is 5.82 Å². The van der Waals surface area contributed by atoms with Crippen molar-refractivity contribution in [2.75, 3.05) is 5.75 Å². The standard InChI is InChI=1S/C14H8ClFN4S2/c15-12-6-5-11(22-12)10-7-21-14-18-17-13(20(14)19-10)8-1-3-9(16)4-2-8/h1-6H,7H2. The van der Waals surface area contributed by atoms with Gasteiger partial charge in [-0.3, -0.25) is 0 Å². The van der Waals surface area contributed by atoms with E-state index in [4.69, 9.17) is 11.6 Å². The average Bonchev–Trinajstić information content (AvgIpc) is 3.14. The number of thiophene rings is 1. The van der Waals surface area contributed by atoms with Gasteiger partial charge in [0.05, 0.1) is 14.9 Å². The molecule has 3 aromatic rings. The maximum Gasteiger partial charge on any atom is 0.212 e. The molecule has 1 aliphatic heterocycles. The molecule has 0 amide bonds. The lowest BCUT2D eigenvalue weighted by molar-refractivity contribution is 0.628. The first-order valence-electron chi connectivity index (χ1n) is 6.38. The van der Waals surface area contributed by atoms with Gasteiger partial charge in [0.15, 0.2) is 5.82 Å².